The number of ether oxygens (including phenoxy) is 2. The van der Waals surface area contributed by atoms with Crippen LogP contribution in [-0.2, 0) is 10.0 Å². The summed E-state index contributed by atoms with van der Waals surface area (Å²) >= 11 is 5.84. The molecule has 0 unspecified atom stereocenters. The predicted molar refractivity (Wildman–Crippen MR) is 122 cm³/mol. The van der Waals surface area contributed by atoms with E-state index in [1.54, 1.807) is 48.5 Å². The molecule has 0 radical (unpaired) electrons. The Balaban J connectivity index is 1.92. The van der Waals surface area contributed by atoms with Crippen LogP contribution in [0, 0.1) is 21.4 Å². The summed E-state index contributed by atoms with van der Waals surface area (Å²) in [4.78, 5) is 10.2. The molecule has 3 rings (SSSR count). The van der Waals surface area contributed by atoms with Crippen molar-refractivity contribution in [3.8, 4) is 17.6 Å². The molecule has 0 saturated heterocycles. The molecule has 0 atom stereocenters. The Labute approximate surface area is 195 Å². The summed E-state index contributed by atoms with van der Waals surface area (Å²) in [6, 6.07) is 18.0. The summed E-state index contributed by atoms with van der Waals surface area (Å²) in [5.74, 6) is 0.996. The fourth-order valence-corrected chi connectivity index (χ4v) is 4.58. The number of nitro benzene ring substituents is 1. The zero-order valence-electron chi connectivity index (χ0n) is 17.3. The first kappa shape index (κ1) is 23.8. The number of nitro groups is 1. The Hall–Kier alpha value is -3.81. The third-order valence-corrected chi connectivity index (χ3v) is 6.75. The van der Waals surface area contributed by atoms with Crippen LogP contribution in [-0.4, -0.2) is 33.6 Å². The fraction of sp³-hybridized carbons (Fsp3) is 0.136. The molecule has 9 nitrogen and oxygen atoms in total. The molecule has 0 aliphatic rings. The van der Waals surface area contributed by atoms with Crippen molar-refractivity contribution in [2.24, 2.45) is 0 Å². The van der Waals surface area contributed by atoms with Crippen LogP contribution in [0.15, 0.2) is 71.6 Å². The average molecular weight is 488 g/mol. The van der Waals surface area contributed by atoms with E-state index in [1.165, 1.54) is 19.2 Å². The standard InChI is InChI=1S/C22H18ClN3O6S/c1-31-18-8-4-17(5-9-18)25(12-13-32-19-6-2-16(15-24)3-7-19)33(29,30)20-10-11-21(23)22(14-20)26(27)28/h2-11,14H,12-13H2,1H3. The third kappa shape index (κ3) is 5.52. The number of benzene rings is 3. The summed E-state index contributed by atoms with van der Waals surface area (Å²) in [5, 5.41) is 20.0. The van der Waals surface area contributed by atoms with Crippen LogP contribution in [0.4, 0.5) is 11.4 Å². The Morgan fingerprint density at radius 2 is 1.70 bits per heavy atom. The van der Waals surface area contributed by atoms with Gasteiger partial charge in [-0.15, -0.1) is 0 Å². The van der Waals surface area contributed by atoms with E-state index in [-0.39, 0.29) is 23.1 Å². The number of rotatable bonds is 9. The van der Waals surface area contributed by atoms with Crippen LogP contribution >= 0.6 is 11.6 Å². The van der Waals surface area contributed by atoms with Gasteiger partial charge in [-0.1, -0.05) is 11.6 Å². The monoisotopic (exact) mass is 487 g/mol. The molecular formula is C22H18ClN3O6S. The number of methoxy groups -OCH3 is 1. The van der Waals surface area contributed by atoms with Gasteiger partial charge in [0.25, 0.3) is 15.7 Å². The summed E-state index contributed by atoms with van der Waals surface area (Å²) in [6.45, 7) is -0.113. The highest BCUT2D eigenvalue weighted by Gasteiger charge is 2.28. The van der Waals surface area contributed by atoms with E-state index in [2.05, 4.69) is 0 Å². The smallest absolute Gasteiger partial charge is 0.289 e. The van der Waals surface area contributed by atoms with E-state index in [4.69, 9.17) is 26.3 Å². The molecule has 0 spiro atoms. The van der Waals surface area contributed by atoms with Crippen molar-refractivity contribution in [3.63, 3.8) is 0 Å². The number of sulfonamides is 1. The largest absolute Gasteiger partial charge is 0.497 e. The fourth-order valence-electron chi connectivity index (χ4n) is 2.93. The molecule has 0 amide bonds. The predicted octanol–water partition coefficient (Wildman–Crippen LogP) is 4.40. The molecule has 0 heterocycles. The van der Waals surface area contributed by atoms with Gasteiger partial charge < -0.3 is 9.47 Å². The highest BCUT2D eigenvalue weighted by atomic mass is 35.5. The molecule has 3 aromatic carbocycles. The lowest BCUT2D eigenvalue weighted by molar-refractivity contribution is -0.384. The van der Waals surface area contributed by atoms with Crippen molar-refractivity contribution in [1.29, 1.82) is 5.26 Å². The average Bonchev–Trinajstić information content (AvgIpc) is 2.82. The molecule has 33 heavy (non-hydrogen) atoms. The van der Waals surface area contributed by atoms with E-state index >= 15 is 0 Å². The van der Waals surface area contributed by atoms with Gasteiger partial charge in [-0.2, -0.15) is 5.26 Å². The van der Waals surface area contributed by atoms with Crippen LogP contribution in [0.2, 0.25) is 5.02 Å². The Morgan fingerprint density at radius 3 is 2.27 bits per heavy atom. The number of nitrogens with zero attached hydrogens (tertiary/aromatic N) is 3. The maximum absolute atomic E-state index is 13.4. The molecule has 0 fully saturated rings. The lowest BCUT2D eigenvalue weighted by Crippen LogP contribution is -2.34. The second kappa shape index (κ2) is 10.2. The summed E-state index contributed by atoms with van der Waals surface area (Å²) in [5.41, 5.74) is 0.271. The highest BCUT2D eigenvalue weighted by molar-refractivity contribution is 7.92. The Kier molecular flexibility index (Phi) is 7.37. The van der Waals surface area contributed by atoms with Gasteiger partial charge in [-0.05, 0) is 60.7 Å². The molecule has 0 saturated carbocycles. The summed E-state index contributed by atoms with van der Waals surface area (Å²) < 4.78 is 38.7. The molecule has 170 valence electrons. The third-order valence-electron chi connectivity index (χ3n) is 4.61. The second-order valence-corrected chi connectivity index (χ2v) is 8.90. The Morgan fingerprint density at radius 1 is 1.06 bits per heavy atom. The van der Waals surface area contributed by atoms with Crippen molar-refractivity contribution < 1.29 is 22.8 Å². The molecule has 0 N–H and O–H groups in total. The van der Waals surface area contributed by atoms with Gasteiger partial charge in [-0.25, -0.2) is 8.42 Å². The molecule has 0 bridgehead atoms. The van der Waals surface area contributed by atoms with Crippen LogP contribution in [0.5, 0.6) is 11.5 Å². The van der Waals surface area contributed by atoms with Gasteiger partial charge >= 0.3 is 0 Å². The lowest BCUT2D eigenvalue weighted by atomic mass is 10.2. The van der Waals surface area contributed by atoms with E-state index in [1.807, 2.05) is 6.07 Å². The number of anilines is 1. The number of hydrogen-bond acceptors (Lipinski definition) is 7. The highest BCUT2D eigenvalue weighted by Crippen LogP contribution is 2.31. The number of nitriles is 1. The first-order valence-corrected chi connectivity index (χ1v) is 11.3. The van der Waals surface area contributed by atoms with Crippen LogP contribution in [0.1, 0.15) is 5.56 Å². The van der Waals surface area contributed by atoms with Crippen molar-refractivity contribution in [2.45, 2.75) is 4.90 Å². The van der Waals surface area contributed by atoms with Gasteiger partial charge in [0.1, 0.15) is 23.1 Å². The van der Waals surface area contributed by atoms with Gasteiger partial charge in [0.15, 0.2) is 0 Å². The first-order chi connectivity index (χ1) is 15.8. The molecule has 0 aromatic heterocycles. The van der Waals surface area contributed by atoms with Crippen molar-refractivity contribution in [2.75, 3.05) is 24.6 Å². The van der Waals surface area contributed by atoms with Gasteiger partial charge in [-0.3, -0.25) is 14.4 Å². The number of hydrogen-bond donors (Lipinski definition) is 0. The van der Waals surface area contributed by atoms with E-state index < -0.39 is 20.6 Å². The van der Waals surface area contributed by atoms with Crippen LogP contribution < -0.4 is 13.8 Å². The second-order valence-electron chi connectivity index (χ2n) is 6.63. The topological polar surface area (TPSA) is 123 Å². The van der Waals surface area contributed by atoms with E-state index in [0.717, 1.165) is 10.4 Å². The lowest BCUT2D eigenvalue weighted by Gasteiger charge is -2.25. The molecule has 3 aromatic rings. The quantitative estimate of drug-likeness (QED) is 0.323. The van der Waals surface area contributed by atoms with Crippen LogP contribution in [0.3, 0.4) is 0 Å². The molecule has 0 aliphatic heterocycles. The first-order valence-electron chi connectivity index (χ1n) is 9.50. The number of halogens is 1. The SMILES string of the molecule is COc1ccc(N(CCOc2ccc(C#N)cc2)S(=O)(=O)c2ccc(Cl)c([N+](=O)[O-])c2)cc1. The molecular weight excluding hydrogens is 470 g/mol. The maximum atomic E-state index is 13.4. The maximum Gasteiger partial charge on any atom is 0.289 e. The minimum atomic E-state index is -4.21. The van der Waals surface area contributed by atoms with Crippen LogP contribution in [0.25, 0.3) is 0 Å². The van der Waals surface area contributed by atoms with Crippen molar-refractivity contribution in [1.82, 2.24) is 0 Å². The molecule has 11 heteroatoms. The van der Waals surface area contributed by atoms with E-state index in [9.17, 15) is 18.5 Å². The van der Waals surface area contributed by atoms with Gasteiger partial charge in [0.2, 0.25) is 0 Å². The minimum absolute atomic E-state index is 0.0210. The Bertz CT molecular complexity index is 1290. The normalized spacial score (nSPS) is 10.8. The zero-order valence-corrected chi connectivity index (χ0v) is 18.9. The van der Waals surface area contributed by atoms with Crippen molar-refractivity contribution in [3.05, 3.63) is 87.4 Å². The van der Waals surface area contributed by atoms with E-state index in [0.29, 0.717) is 22.7 Å². The van der Waals surface area contributed by atoms with Crippen molar-refractivity contribution >= 4 is 33.0 Å². The van der Waals surface area contributed by atoms with Gasteiger partial charge in [0, 0.05) is 6.07 Å². The summed E-state index contributed by atoms with van der Waals surface area (Å²) in [6.07, 6.45) is 0. The molecule has 0 aliphatic carbocycles. The minimum Gasteiger partial charge on any atom is -0.497 e. The van der Waals surface area contributed by atoms with Gasteiger partial charge in [0.05, 0.1) is 40.8 Å². The summed E-state index contributed by atoms with van der Waals surface area (Å²) in [7, 11) is -2.72. The zero-order chi connectivity index (χ0) is 24.0.